The van der Waals surface area contributed by atoms with E-state index in [1.54, 1.807) is 0 Å². The Labute approximate surface area is 447 Å². The van der Waals surface area contributed by atoms with Crippen LogP contribution < -0.4 is 0 Å². The van der Waals surface area contributed by atoms with E-state index >= 15 is 0 Å². The van der Waals surface area contributed by atoms with Gasteiger partial charge in [0, 0.05) is 24.2 Å². The van der Waals surface area contributed by atoms with Gasteiger partial charge in [-0.2, -0.15) is 0 Å². The largest absolute Gasteiger partial charge is 3.00 e. The third-order valence-electron chi connectivity index (χ3n) is 12.2. The van der Waals surface area contributed by atoms with Gasteiger partial charge in [-0.25, -0.2) is 0 Å². The van der Waals surface area contributed by atoms with Crippen LogP contribution in [-0.4, -0.2) is 15.0 Å². The number of benzene rings is 8. The molecule has 0 bridgehead atoms. The molecule has 0 aliphatic heterocycles. The molecule has 0 amide bonds. The first kappa shape index (κ1) is 47.0. The first-order valence-electron chi connectivity index (χ1n) is 22.4. The quantitative estimate of drug-likeness (QED) is 0.128. The molecule has 3 aromatic heterocycles. The van der Waals surface area contributed by atoms with Crippen molar-refractivity contribution in [1.29, 1.82) is 0 Å². The molecule has 0 saturated heterocycles. The van der Waals surface area contributed by atoms with Crippen molar-refractivity contribution in [1.82, 2.24) is 15.0 Å². The zero-order valence-corrected chi connectivity index (χ0v) is 44.3. The van der Waals surface area contributed by atoms with Gasteiger partial charge >= 0.3 is 20.1 Å². The Morgan fingerprint density at radius 1 is 0.271 bits per heavy atom. The standard InChI is InChI=1S/C63H37Br3N3.Ir/c64-50-18-10-15-42(34-50)61-29-27-45(38-67-61)53-21-4-6-23-55(53)47-31-48(56-24-7-5-22-54(56)46-28-30-62(68-39-46)43-16-11-19-51(65)35-43)33-49(32-47)57-25-8-9-26-58(57)60-40-69-63(44-17-12-20-52(66)36-44)37-59(60)41-13-2-1-3-14-41;/h1-14,18-40H;/q-3;+3. The molecule has 0 fully saturated rings. The average molecular weight is 1270 g/mol. The number of halogens is 3. The zero-order chi connectivity index (χ0) is 46.7. The number of nitrogens with zero attached hydrogens (tertiary/aromatic N) is 3. The van der Waals surface area contributed by atoms with Gasteiger partial charge in [-0.1, -0.05) is 195 Å². The summed E-state index contributed by atoms with van der Waals surface area (Å²) in [6.07, 6.45) is 5.95. The van der Waals surface area contributed by atoms with Crippen LogP contribution in [0.4, 0.5) is 0 Å². The van der Waals surface area contributed by atoms with Crippen LogP contribution in [0.3, 0.4) is 0 Å². The van der Waals surface area contributed by atoms with Crippen LogP contribution in [0, 0.1) is 18.2 Å². The predicted octanol–water partition coefficient (Wildman–Crippen LogP) is 18.2. The molecule has 0 aliphatic carbocycles. The van der Waals surface area contributed by atoms with E-state index < -0.39 is 0 Å². The molecule has 8 aromatic carbocycles. The second-order valence-electron chi connectivity index (χ2n) is 16.5. The molecule has 0 atom stereocenters. The smallest absolute Gasteiger partial charge is 0.304 e. The molecule has 0 spiro atoms. The molecule has 0 N–H and O–H groups in total. The van der Waals surface area contributed by atoms with Gasteiger partial charge in [0.05, 0.1) is 0 Å². The van der Waals surface area contributed by atoms with Gasteiger partial charge in [-0.3, -0.25) is 0 Å². The van der Waals surface area contributed by atoms with E-state index in [0.29, 0.717) is 0 Å². The minimum Gasteiger partial charge on any atom is -0.304 e. The number of rotatable bonds is 10. The van der Waals surface area contributed by atoms with Gasteiger partial charge < -0.3 is 15.0 Å². The number of pyridine rings is 3. The molecule has 334 valence electrons. The fourth-order valence-corrected chi connectivity index (χ4v) is 9.98. The van der Waals surface area contributed by atoms with Crippen molar-refractivity contribution in [3.63, 3.8) is 0 Å². The first-order chi connectivity index (χ1) is 33.9. The molecule has 0 saturated carbocycles. The van der Waals surface area contributed by atoms with E-state index in [-0.39, 0.29) is 20.1 Å². The second-order valence-corrected chi connectivity index (χ2v) is 19.3. The molecule has 7 heteroatoms. The SMILES string of the molecule is Brc1cc[c-]c(-c2ccc(-c3ccccc3-c3cc(-c4ccccc4-c4ccc(-c5[c-]ccc(Br)c5)nc4)cc(-c4ccccc4-c4cnc(-c5[c-]ccc(Br)c5)cc4-c4ccccc4)c3)cn2)c1.[Ir+3]. The summed E-state index contributed by atoms with van der Waals surface area (Å²) < 4.78 is 2.96. The van der Waals surface area contributed by atoms with E-state index in [2.05, 4.69) is 224 Å². The third-order valence-corrected chi connectivity index (χ3v) is 13.7. The summed E-state index contributed by atoms with van der Waals surface area (Å²) >= 11 is 10.9. The zero-order valence-electron chi connectivity index (χ0n) is 37.2. The molecule has 3 nitrogen and oxygen atoms in total. The molecular formula is C63H37Br3IrN3. The van der Waals surface area contributed by atoms with Gasteiger partial charge in [-0.05, 0) is 108 Å². The summed E-state index contributed by atoms with van der Waals surface area (Å²) in [7, 11) is 0. The first-order valence-corrected chi connectivity index (χ1v) is 24.7. The van der Waals surface area contributed by atoms with Crippen molar-refractivity contribution >= 4 is 47.8 Å². The van der Waals surface area contributed by atoms with Crippen LogP contribution in [0.1, 0.15) is 0 Å². The van der Waals surface area contributed by atoms with Crippen LogP contribution in [0.15, 0.2) is 238 Å². The van der Waals surface area contributed by atoms with Crippen LogP contribution in [0.25, 0.3) is 112 Å². The summed E-state index contributed by atoms with van der Waals surface area (Å²) in [5.74, 6) is 0. The Kier molecular flexibility index (Phi) is 14.2. The Hall–Kier alpha value is -6.70. The minimum atomic E-state index is 0. The topological polar surface area (TPSA) is 38.7 Å². The van der Waals surface area contributed by atoms with Crippen molar-refractivity contribution in [2.75, 3.05) is 0 Å². The Morgan fingerprint density at radius 3 is 1.06 bits per heavy atom. The van der Waals surface area contributed by atoms with Crippen LogP contribution in [0.2, 0.25) is 0 Å². The van der Waals surface area contributed by atoms with Gasteiger partial charge in [-0.15, -0.1) is 89.5 Å². The fourth-order valence-electron chi connectivity index (χ4n) is 8.90. The van der Waals surface area contributed by atoms with Crippen molar-refractivity contribution in [2.45, 2.75) is 0 Å². The summed E-state index contributed by atoms with van der Waals surface area (Å²) in [5.41, 5.74) is 20.4. The summed E-state index contributed by atoms with van der Waals surface area (Å²) in [5, 5.41) is 0. The van der Waals surface area contributed by atoms with E-state index in [9.17, 15) is 0 Å². The van der Waals surface area contributed by atoms with Crippen LogP contribution in [0.5, 0.6) is 0 Å². The van der Waals surface area contributed by atoms with Gasteiger partial charge in [0.25, 0.3) is 0 Å². The van der Waals surface area contributed by atoms with Crippen LogP contribution >= 0.6 is 47.8 Å². The van der Waals surface area contributed by atoms with E-state index in [1.807, 2.05) is 67.1 Å². The van der Waals surface area contributed by atoms with E-state index in [1.165, 1.54) is 0 Å². The maximum atomic E-state index is 5.09. The van der Waals surface area contributed by atoms with Crippen molar-refractivity contribution in [3.8, 4) is 112 Å². The number of hydrogen-bond acceptors (Lipinski definition) is 3. The molecule has 3 heterocycles. The minimum absolute atomic E-state index is 0. The van der Waals surface area contributed by atoms with Gasteiger partial charge in [0.1, 0.15) is 0 Å². The third kappa shape index (κ3) is 10.00. The van der Waals surface area contributed by atoms with Crippen molar-refractivity contribution < 1.29 is 20.1 Å². The fraction of sp³-hybridized carbons (Fsp3) is 0. The molecule has 0 unspecified atom stereocenters. The van der Waals surface area contributed by atoms with E-state index in [0.717, 1.165) is 125 Å². The average Bonchev–Trinajstić information content (AvgIpc) is 3.41. The second kappa shape index (κ2) is 21.1. The molecule has 0 radical (unpaired) electrons. The molecule has 70 heavy (non-hydrogen) atoms. The summed E-state index contributed by atoms with van der Waals surface area (Å²) in [6.45, 7) is 0. The molecule has 11 rings (SSSR count). The van der Waals surface area contributed by atoms with Gasteiger partial charge in [0.2, 0.25) is 0 Å². The summed E-state index contributed by atoms with van der Waals surface area (Å²) in [6, 6.07) is 82.0. The monoisotopic (exact) mass is 1270 g/mol. The molecule has 0 aliphatic rings. The predicted molar refractivity (Wildman–Crippen MR) is 294 cm³/mol. The van der Waals surface area contributed by atoms with Crippen molar-refractivity contribution in [3.05, 3.63) is 256 Å². The normalized spacial score (nSPS) is 11.0. The Bertz CT molecular complexity index is 3500. The maximum Gasteiger partial charge on any atom is 3.00 e. The summed E-state index contributed by atoms with van der Waals surface area (Å²) in [4.78, 5) is 15.0. The number of hydrogen-bond donors (Lipinski definition) is 0. The van der Waals surface area contributed by atoms with Gasteiger partial charge in [0.15, 0.2) is 0 Å². The maximum absolute atomic E-state index is 5.09. The molecule has 11 aromatic rings. The molecular weight excluding hydrogens is 1230 g/mol. The number of aromatic nitrogens is 3. The van der Waals surface area contributed by atoms with Crippen molar-refractivity contribution in [2.24, 2.45) is 0 Å². The van der Waals surface area contributed by atoms with Crippen LogP contribution in [-0.2, 0) is 20.1 Å². The van der Waals surface area contributed by atoms with E-state index in [4.69, 9.17) is 15.0 Å². The Morgan fingerprint density at radius 2 is 0.643 bits per heavy atom. The Balaban J connectivity index is 0.00000567.